The van der Waals surface area contributed by atoms with E-state index in [9.17, 15) is 4.79 Å². The Labute approximate surface area is 143 Å². The molecule has 2 heterocycles. The summed E-state index contributed by atoms with van der Waals surface area (Å²) in [5, 5.41) is 3.58. The Hall–Kier alpha value is -1.30. The lowest BCUT2D eigenvalue weighted by molar-refractivity contribution is -0.136. The summed E-state index contributed by atoms with van der Waals surface area (Å²) in [5.74, 6) is 0.918. The van der Waals surface area contributed by atoms with Gasteiger partial charge in [-0.1, -0.05) is 18.2 Å². The number of ether oxygens (including phenoxy) is 2. The highest BCUT2D eigenvalue weighted by atomic mass is 35.5. The minimum atomic E-state index is 0. The van der Waals surface area contributed by atoms with Crippen molar-refractivity contribution in [2.75, 3.05) is 32.9 Å². The number of halogens is 1. The number of nitrogens with one attached hydrogen (secondary N) is 1. The summed E-state index contributed by atoms with van der Waals surface area (Å²) in [4.78, 5) is 14.1. The van der Waals surface area contributed by atoms with Gasteiger partial charge in [0.1, 0.15) is 19.0 Å². The topological polar surface area (TPSA) is 50.8 Å². The number of likely N-dealkylation sites (tertiary alicyclic amines) is 1. The molecule has 0 aromatic heterocycles. The number of carbonyl (C=O) groups excluding carboxylic acids is 1. The van der Waals surface area contributed by atoms with Crippen LogP contribution in [-0.2, 0) is 9.53 Å². The van der Waals surface area contributed by atoms with Crippen molar-refractivity contribution in [1.82, 2.24) is 10.2 Å². The molecule has 6 heteroatoms. The zero-order valence-electron chi connectivity index (χ0n) is 13.3. The number of fused-ring (bicyclic) bond motifs is 2. The molecule has 2 unspecified atom stereocenters. The van der Waals surface area contributed by atoms with E-state index >= 15 is 0 Å². The average Bonchev–Trinajstić information content (AvgIpc) is 2.87. The number of nitrogens with zero attached hydrogens (tertiary/aromatic N) is 1. The predicted octanol–water partition coefficient (Wildman–Crippen LogP) is 1.86. The molecule has 1 amide bonds. The van der Waals surface area contributed by atoms with Crippen LogP contribution in [0.25, 0.3) is 0 Å². The highest BCUT2D eigenvalue weighted by Crippen LogP contribution is 2.20. The van der Waals surface area contributed by atoms with Gasteiger partial charge in [0.05, 0.1) is 6.61 Å². The van der Waals surface area contributed by atoms with Crippen LogP contribution in [0.15, 0.2) is 30.3 Å². The third-order valence-electron chi connectivity index (χ3n) is 4.34. The van der Waals surface area contributed by atoms with E-state index in [4.69, 9.17) is 9.47 Å². The summed E-state index contributed by atoms with van der Waals surface area (Å²) in [7, 11) is 0. The molecule has 1 aromatic rings. The zero-order valence-corrected chi connectivity index (χ0v) is 14.1. The molecule has 0 aliphatic carbocycles. The third kappa shape index (κ3) is 5.37. The molecule has 1 aromatic carbocycles. The molecule has 2 bridgehead atoms. The number of hydrogen-bond donors (Lipinski definition) is 1. The van der Waals surface area contributed by atoms with Gasteiger partial charge in [0.25, 0.3) is 0 Å². The summed E-state index contributed by atoms with van der Waals surface area (Å²) in [6.45, 7) is 2.70. The van der Waals surface area contributed by atoms with Crippen molar-refractivity contribution < 1.29 is 14.3 Å². The molecule has 0 radical (unpaired) electrons. The van der Waals surface area contributed by atoms with Crippen LogP contribution in [-0.4, -0.2) is 55.8 Å². The van der Waals surface area contributed by atoms with Crippen molar-refractivity contribution >= 4 is 18.3 Å². The van der Waals surface area contributed by atoms with Crippen LogP contribution in [0, 0.1) is 0 Å². The second kappa shape index (κ2) is 9.11. The number of rotatable bonds is 6. The van der Waals surface area contributed by atoms with Crippen LogP contribution in [0.1, 0.15) is 19.3 Å². The molecule has 2 aliphatic heterocycles. The van der Waals surface area contributed by atoms with E-state index in [1.165, 1.54) is 12.8 Å². The number of carbonyl (C=O) groups is 1. The normalized spacial score (nSPS) is 23.0. The van der Waals surface area contributed by atoms with Crippen LogP contribution in [0.4, 0.5) is 0 Å². The molecule has 2 atom stereocenters. The minimum absolute atomic E-state index is 0. The van der Waals surface area contributed by atoms with Gasteiger partial charge < -0.3 is 19.7 Å². The fourth-order valence-corrected chi connectivity index (χ4v) is 3.16. The number of hydrogen-bond acceptors (Lipinski definition) is 4. The summed E-state index contributed by atoms with van der Waals surface area (Å²) < 4.78 is 11.0. The first-order chi connectivity index (χ1) is 10.8. The fourth-order valence-electron chi connectivity index (χ4n) is 3.16. The largest absolute Gasteiger partial charge is 0.491 e. The summed E-state index contributed by atoms with van der Waals surface area (Å²) in [6, 6.07) is 10.7. The minimum Gasteiger partial charge on any atom is -0.491 e. The van der Waals surface area contributed by atoms with Gasteiger partial charge >= 0.3 is 0 Å². The average molecular weight is 341 g/mol. The second-order valence-electron chi connectivity index (χ2n) is 5.98. The van der Waals surface area contributed by atoms with E-state index in [-0.39, 0.29) is 24.9 Å². The van der Waals surface area contributed by atoms with Gasteiger partial charge in [-0.25, -0.2) is 0 Å². The first-order valence-electron chi connectivity index (χ1n) is 8.10. The van der Waals surface area contributed by atoms with Crippen LogP contribution in [0.5, 0.6) is 5.75 Å². The van der Waals surface area contributed by atoms with Crippen LogP contribution < -0.4 is 10.1 Å². The SMILES string of the molecule is Cl.O=C(COCCOc1ccccc1)N1CCC2CCC(C1)N2. The molecule has 0 saturated carbocycles. The maximum Gasteiger partial charge on any atom is 0.248 e. The smallest absolute Gasteiger partial charge is 0.248 e. The lowest BCUT2D eigenvalue weighted by Gasteiger charge is -2.24. The Morgan fingerprint density at radius 1 is 1.13 bits per heavy atom. The number of amides is 1. The van der Waals surface area contributed by atoms with E-state index in [1.54, 1.807) is 0 Å². The molecule has 5 nitrogen and oxygen atoms in total. The molecule has 23 heavy (non-hydrogen) atoms. The molecular formula is C17H25ClN2O3. The Morgan fingerprint density at radius 3 is 2.74 bits per heavy atom. The quantitative estimate of drug-likeness (QED) is 0.803. The highest BCUT2D eigenvalue weighted by Gasteiger charge is 2.30. The van der Waals surface area contributed by atoms with Crippen molar-refractivity contribution in [1.29, 1.82) is 0 Å². The Balaban J connectivity index is 0.00000192. The maximum absolute atomic E-state index is 12.2. The molecule has 128 valence electrons. The van der Waals surface area contributed by atoms with Crippen molar-refractivity contribution in [2.24, 2.45) is 0 Å². The maximum atomic E-state index is 12.2. The Morgan fingerprint density at radius 2 is 1.91 bits per heavy atom. The van der Waals surface area contributed by atoms with E-state index in [0.717, 1.165) is 25.3 Å². The molecule has 2 fully saturated rings. The van der Waals surface area contributed by atoms with E-state index < -0.39 is 0 Å². The lowest BCUT2D eigenvalue weighted by Crippen LogP contribution is -2.40. The van der Waals surface area contributed by atoms with E-state index in [0.29, 0.717) is 25.3 Å². The van der Waals surface area contributed by atoms with Gasteiger partial charge in [-0.05, 0) is 31.4 Å². The zero-order chi connectivity index (χ0) is 15.2. The van der Waals surface area contributed by atoms with Gasteiger partial charge in [-0.2, -0.15) is 0 Å². The molecule has 3 rings (SSSR count). The number of benzene rings is 1. The third-order valence-corrected chi connectivity index (χ3v) is 4.34. The standard InChI is InChI=1S/C17H24N2O3.ClH/c20-17(19-9-8-14-6-7-15(12-19)18-14)13-21-10-11-22-16-4-2-1-3-5-16;/h1-5,14-15,18H,6-13H2;1H. The predicted molar refractivity (Wildman–Crippen MR) is 91.1 cm³/mol. The lowest BCUT2D eigenvalue weighted by atomic mass is 10.1. The fraction of sp³-hybridized carbons (Fsp3) is 0.588. The van der Waals surface area contributed by atoms with Crippen molar-refractivity contribution in [3.8, 4) is 5.75 Å². The van der Waals surface area contributed by atoms with E-state index in [2.05, 4.69) is 5.32 Å². The van der Waals surface area contributed by atoms with Crippen LogP contribution in [0.3, 0.4) is 0 Å². The first kappa shape index (κ1) is 18.0. The van der Waals surface area contributed by atoms with Crippen LogP contribution in [0.2, 0.25) is 0 Å². The van der Waals surface area contributed by atoms with E-state index in [1.807, 2.05) is 35.2 Å². The monoisotopic (exact) mass is 340 g/mol. The Bertz CT molecular complexity index is 486. The summed E-state index contributed by atoms with van der Waals surface area (Å²) in [5.41, 5.74) is 0. The van der Waals surface area contributed by atoms with Gasteiger partial charge in [0.2, 0.25) is 5.91 Å². The number of para-hydroxylation sites is 1. The van der Waals surface area contributed by atoms with Gasteiger partial charge in [0, 0.05) is 25.2 Å². The molecular weight excluding hydrogens is 316 g/mol. The first-order valence-corrected chi connectivity index (χ1v) is 8.10. The van der Waals surface area contributed by atoms with Crippen LogP contribution >= 0.6 is 12.4 Å². The van der Waals surface area contributed by atoms with Crippen molar-refractivity contribution in [3.05, 3.63) is 30.3 Å². The molecule has 2 aliphatic rings. The van der Waals surface area contributed by atoms with Gasteiger partial charge in [0.15, 0.2) is 0 Å². The van der Waals surface area contributed by atoms with Crippen molar-refractivity contribution in [2.45, 2.75) is 31.3 Å². The van der Waals surface area contributed by atoms with Gasteiger partial charge in [-0.3, -0.25) is 4.79 Å². The second-order valence-corrected chi connectivity index (χ2v) is 5.98. The molecule has 1 N–H and O–H groups in total. The molecule has 0 spiro atoms. The summed E-state index contributed by atoms with van der Waals surface area (Å²) >= 11 is 0. The Kier molecular flexibility index (Phi) is 7.15. The van der Waals surface area contributed by atoms with Crippen molar-refractivity contribution in [3.63, 3.8) is 0 Å². The molecule has 2 saturated heterocycles. The van der Waals surface area contributed by atoms with Gasteiger partial charge in [-0.15, -0.1) is 12.4 Å². The highest BCUT2D eigenvalue weighted by molar-refractivity contribution is 5.85. The summed E-state index contributed by atoms with van der Waals surface area (Å²) in [6.07, 6.45) is 3.49.